The van der Waals surface area contributed by atoms with E-state index in [0.29, 0.717) is 12.2 Å². The van der Waals surface area contributed by atoms with Crippen LogP contribution in [0.4, 0.5) is 11.8 Å². The number of halogens is 1. The molecule has 3 aromatic heterocycles. The molecule has 0 atom stereocenters. The van der Waals surface area contributed by atoms with Gasteiger partial charge in [-0.05, 0) is 12.1 Å². The summed E-state index contributed by atoms with van der Waals surface area (Å²) in [5.74, 6) is 0.940. The van der Waals surface area contributed by atoms with Crippen molar-refractivity contribution < 1.29 is 0 Å². The fraction of sp³-hybridized carbons (Fsp3) is 0.182. The molecule has 3 heterocycles. The molecule has 0 amide bonds. The second kappa shape index (κ2) is 4.67. The summed E-state index contributed by atoms with van der Waals surface area (Å²) in [6.07, 6.45) is 1.58. The molecule has 8 heteroatoms. The molecule has 0 radical (unpaired) electrons. The zero-order valence-electron chi connectivity index (χ0n) is 10.1. The van der Waals surface area contributed by atoms with Crippen LogP contribution in [0.2, 0.25) is 4.34 Å². The third-order valence-corrected chi connectivity index (χ3v) is 3.88. The van der Waals surface area contributed by atoms with E-state index >= 15 is 0 Å². The average molecular weight is 295 g/mol. The molecule has 3 N–H and O–H groups in total. The van der Waals surface area contributed by atoms with E-state index in [4.69, 9.17) is 17.3 Å². The molecule has 0 unspecified atom stereocenters. The molecule has 0 aliphatic rings. The van der Waals surface area contributed by atoms with Crippen LogP contribution in [-0.2, 0) is 6.54 Å². The molecule has 0 aliphatic heterocycles. The maximum atomic E-state index is 5.93. The van der Waals surface area contributed by atoms with E-state index in [9.17, 15) is 0 Å². The van der Waals surface area contributed by atoms with Crippen LogP contribution >= 0.6 is 22.9 Å². The first-order valence-corrected chi connectivity index (χ1v) is 6.75. The van der Waals surface area contributed by atoms with Gasteiger partial charge in [-0.15, -0.1) is 11.3 Å². The summed E-state index contributed by atoms with van der Waals surface area (Å²) >= 11 is 7.48. The van der Waals surface area contributed by atoms with Gasteiger partial charge in [0.1, 0.15) is 5.52 Å². The van der Waals surface area contributed by atoms with Gasteiger partial charge in [0.2, 0.25) is 5.95 Å². The maximum absolute atomic E-state index is 5.93. The summed E-state index contributed by atoms with van der Waals surface area (Å²) in [7, 11) is 1.94. The smallest absolute Gasteiger partial charge is 0.224 e. The predicted octanol–water partition coefficient (Wildman–Crippen LogP) is 2.29. The Morgan fingerprint density at radius 1 is 1.42 bits per heavy atom. The van der Waals surface area contributed by atoms with Gasteiger partial charge in [-0.1, -0.05) is 11.6 Å². The van der Waals surface area contributed by atoms with Gasteiger partial charge in [0.05, 0.1) is 17.2 Å². The lowest BCUT2D eigenvalue weighted by Gasteiger charge is -2.17. The number of nitrogen functional groups attached to an aromatic ring is 1. The normalized spacial score (nSPS) is 11.1. The van der Waals surface area contributed by atoms with Crippen LogP contribution in [0.1, 0.15) is 4.88 Å². The van der Waals surface area contributed by atoms with Crippen molar-refractivity contribution in [2.75, 3.05) is 17.7 Å². The first-order chi connectivity index (χ1) is 9.13. The number of aromatic amines is 1. The highest BCUT2D eigenvalue weighted by molar-refractivity contribution is 7.16. The molecule has 0 saturated carbocycles. The van der Waals surface area contributed by atoms with Crippen molar-refractivity contribution in [1.29, 1.82) is 0 Å². The molecule has 0 bridgehead atoms. The average Bonchev–Trinajstić information content (AvgIpc) is 2.96. The number of aromatic nitrogens is 4. The number of nitrogens with one attached hydrogen (secondary N) is 1. The molecule has 0 saturated heterocycles. The molecule has 19 heavy (non-hydrogen) atoms. The molecule has 98 valence electrons. The molecular weight excluding hydrogens is 284 g/mol. The van der Waals surface area contributed by atoms with Crippen LogP contribution in [0.15, 0.2) is 18.5 Å². The van der Waals surface area contributed by atoms with Crippen molar-refractivity contribution in [3.05, 3.63) is 27.7 Å². The van der Waals surface area contributed by atoms with E-state index < -0.39 is 0 Å². The Balaban J connectivity index is 1.96. The number of hydrogen-bond donors (Lipinski definition) is 2. The number of anilines is 2. The second-order valence-corrected chi connectivity index (χ2v) is 5.87. The fourth-order valence-corrected chi connectivity index (χ4v) is 3.00. The number of fused-ring (bicyclic) bond motifs is 1. The summed E-state index contributed by atoms with van der Waals surface area (Å²) in [6, 6.07) is 3.88. The Morgan fingerprint density at radius 3 is 3.00 bits per heavy atom. The number of nitrogens with two attached hydrogens (primary N) is 1. The Kier molecular flexibility index (Phi) is 3.00. The maximum Gasteiger partial charge on any atom is 0.224 e. The minimum atomic E-state index is 0.214. The minimum Gasteiger partial charge on any atom is -0.368 e. The SMILES string of the molecule is CN(Cc1ccc(Cl)s1)c1nc(N)nc2nc[nH]c12. The number of hydrogen-bond acceptors (Lipinski definition) is 6. The quantitative estimate of drug-likeness (QED) is 0.774. The van der Waals surface area contributed by atoms with Gasteiger partial charge in [-0.2, -0.15) is 9.97 Å². The number of rotatable bonds is 3. The number of imidazole rings is 1. The summed E-state index contributed by atoms with van der Waals surface area (Å²) < 4.78 is 0.775. The van der Waals surface area contributed by atoms with Crippen molar-refractivity contribution in [3.8, 4) is 0 Å². The van der Waals surface area contributed by atoms with E-state index in [-0.39, 0.29) is 5.95 Å². The molecule has 0 spiro atoms. The topological polar surface area (TPSA) is 83.7 Å². The fourth-order valence-electron chi connectivity index (χ4n) is 1.86. The van der Waals surface area contributed by atoms with Gasteiger partial charge in [0, 0.05) is 11.9 Å². The third kappa shape index (κ3) is 2.34. The molecule has 3 aromatic rings. The van der Waals surface area contributed by atoms with Crippen molar-refractivity contribution in [2.24, 2.45) is 0 Å². The first kappa shape index (κ1) is 12.2. The van der Waals surface area contributed by atoms with Crippen LogP contribution < -0.4 is 10.6 Å². The zero-order valence-corrected chi connectivity index (χ0v) is 11.7. The number of nitrogens with zero attached hydrogens (tertiary/aromatic N) is 4. The van der Waals surface area contributed by atoms with Gasteiger partial charge < -0.3 is 15.6 Å². The standard InChI is InChI=1S/C11H11ClN6S/c1-18(4-6-2-3-7(12)19-6)10-8-9(15-5-14-8)16-11(13)17-10/h2-3,5H,4H2,1H3,(H3,13,14,15,16,17). The lowest BCUT2D eigenvalue weighted by molar-refractivity contribution is 0.915. The van der Waals surface area contributed by atoms with Crippen LogP contribution in [0, 0.1) is 0 Å². The van der Waals surface area contributed by atoms with E-state index in [1.54, 1.807) is 17.7 Å². The highest BCUT2D eigenvalue weighted by Gasteiger charge is 2.13. The lowest BCUT2D eigenvalue weighted by Crippen LogP contribution is -2.18. The van der Waals surface area contributed by atoms with Gasteiger partial charge in [0.15, 0.2) is 11.5 Å². The zero-order chi connectivity index (χ0) is 13.4. The lowest BCUT2D eigenvalue weighted by atomic mass is 10.4. The van der Waals surface area contributed by atoms with E-state index in [0.717, 1.165) is 20.5 Å². The Morgan fingerprint density at radius 2 is 2.26 bits per heavy atom. The molecule has 0 aliphatic carbocycles. The number of thiophene rings is 1. The monoisotopic (exact) mass is 294 g/mol. The highest BCUT2D eigenvalue weighted by Crippen LogP contribution is 2.26. The van der Waals surface area contributed by atoms with Crippen molar-refractivity contribution in [1.82, 2.24) is 19.9 Å². The summed E-state index contributed by atoms with van der Waals surface area (Å²) in [5, 5.41) is 0. The number of H-pyrrole nitrogens is 1. The minimum absolute atomic E-state index is 0.214. The van der Waals surface area contributed by atoms with Crippen molar-refractivity contribution >= 4 is 45.9 Å². The van der Waals surface area contributed by atoms with E-state index in [1.165, 1.54) is 0 Å². The summed E-state index contributed by atoms with van der Waals surface area (Å²) in [5.41, 5.74) is 7.04. The van der Waals surface area contributed by atoms with Crippen molar-refractivity contribution in [3.63, 3.8) is 0 Å². The highest BCUT2D eigenvalue weighted by atomic mass is 35.5. The Hall–Kier alpha value is -1.86. The van der Waals surface area contributed by atoms with Crippen LogP contribution in [0.3, 0.4) is 0 Å². The third-order valence-electron chi connectivity index (χ3n) is 2.67. The van der Waals surface area contributed by atoms with Crippen molar-refractivity contribution in [2.45, 2.75) is 6.54 Å². The Bertz CT molecular complexity index is 721. The van der Waals surface area contributed by atoms with Gasteiger partial charge in [0.25, 0.3) is 0 Å². The predicted molar refractivity (Wildman–Crippen MR) is 77.5 cm³/mol. The van der Waals surface area contributed by atoms with Gasteiger partial charge in [-0.25, -0.2) is 4.98 Å². The second-order valence-electron chi connectivity index (χ2n) is 4.07. The largest absolute Gasteiger partial charge is 0.368 e. The summed E-state index contributed by atoms with van der Waals surface area (Å²) in [4.78, 5) is 18.6. The van der Waals surface area contributed by atoms with Gasteiger partial charge >= 0.3 is 0 Å². The van der Waals surface area contributed by atoms with Crippen LogP contribution in [0.25, 0.3) is 11.2 Å². The van der Waals surface area contributed by atoms with Crippen LogP contribution in [0.5, 0.6) is 0 Å². The molecular formula is C11H11ClN6S. The molecule has 6 nitrogen and oxygen atoms in total. The first-order valence-electron chi connectivity index (χ1n) is 5.55. The van der Waals surface area contributed by atoms with Gasteiger partial charge in [-0.3, -0.25) is 0 Å². The molecule has 3 rings (SSSR count). The molecule has 0 fully saturated rings. The molecule has 0 aromatic carbocycles. The van der Waals surface area contributed by atoms with Crippen LogP contribution in [-0.4, -0.2) is 27.0 Å². The van der Waals surface area contributed by atoms with E-state index in [1.807, 2.05) is 24.1 Å². The summed E-state index contributed by atoms with van der Waals surface area (Å²) in [6.45, 7) is 0.696. The van der Waals surface area contributed by atoms with E-state index in [2.05, 4.69) is 19.9 Å². The Labute approximate surface area is 118 Å².